The summed E-state index contributed by atoms with van der Waals surface area (Å²) < 4.78 is 15.8. The summed E-state index contributed by atoms with van der Waals surface area (Å²) in [7, 11) is 0. The van der Waals surface area contributed by atoms with E-state index in [9.17, 15) is 4.39 Å². The molecule has 1 aliphatic carbocycles. The lowest BCUT2D eigenvalue weighted by Gasteiger charge is -2.25. The number of aromatic nitrogens is 4. The Bertz CT molecular complexity index is 881. The molecule has 3 aromatic rings. The molecule has 0 unspecified atom stereocenters. The molecule has 0 atom stereocenters. The standard InChI is InChI=1S/C20H21FN4/c1-14-23-24-20(25(14)18-8-3-2-4-9-18)19-13-16(10-11-22-19)15-6-5-7-17(21)12-15/h5-7,10-13,18H,2-4,8-9H2,1H3. The van der Waals surface area contributed by atoms with Crippen LogP contribution in [0.1, 0.15) is 44.0 Å². The summed E-state index contributed by atoms with van der Waals surface area (Å²) in [6, 6.07) is 10.9. The first-order valence-corrected chi connectivity index (χ1v) is 8.86. The van der Waals surface area contributed by atoms with Crippen LogP contribution in [-0.2, 0) is 0 Å². The van der Waals surface area contributed by atoms with Crippen molar-refractivity contribution in [3.8, 4) is 22.6 Å². The Balaban J connectivity index is 1.75. The fourth-order valence-electron chi connectivity index (χ4n) is 3.72. The Morgan fingerprint density at radius 2 is 1.80 bits per heavy atom. The maximum Gasteiger partial charge on any atom is 0.182 e. The summed E-state index contributed by atoms with van der Waals surface area (Å²) in [5.41, 5.74) is 2.55. The van der Waals surface area contributed by atoms with Crippen molar-refractivity contribution in [2.45, 2.75) is 45.1 Å². The molecular weight excluding hydrogens is 315 g/mol. The summed E-state index contributed by atoms with van der Waals surface area (Å²) in [5.74, 6) is 1.50. The van der Waals surface area contributed by atoms with Gasteiger partial charge < -0.3 is 4.57 Å². The molecule has 2 heterocycles. The van der Waals surface area contributed by atoms with Crippen LogP contribution in [0.25, 0.3) is 22.6 Å². The molecule has 0 aliphatic heterocycles. The summed E-state index contributed by atoms with van der Waals surface area (Å²) in [6.45, 7) is 2.00. The molecule has 128 valence electrons. The third-order valence-corrected chi connectivity index (χ3v) is 4.95. The van der Waals surface area contributed by atoms with E-state index < -0.39 is 0 Å². The highest BCUT2D eigenvalue weighted by Gasteiger charge is 2.22. The zero-order valence-corrected chi connectivity index (χ0v) is 14.3. The smallest absolute Gasteiger partial charge is 0.182 e. The number of hydrogen-bond acceptors (Lipinski definition) is 3. The highest BCUT2D eigenvalue weighted by molar-refractivity contribution is 5.68. The molecule has 1 saturated carbocycles. The monoisotopic (exact) mass is 336 g/mol. The molecule has 0 bridgehead atoms. The van der Waals surface area contributed by atoms with Crippen molar-refractivity contribution in [1.29, 1.82) is 0 Å². The Morgan fingerprint density at radius 1 is 1.00 bits per heavy atom. The number of rotatable bonds is 3. The van der Waals surface area contributed by atoms with Gasteiger partial charge in [-0.3, -0.25) is 4.98 Å². The minimum atomic E-state index is -0.239. The van der Waals surface area contributed by atoms with Crippen molar-refractivity contribution in [2.24, 2.45) is 0 Å². The van der Waals surface area contributed by atoms with Crippen molar-refractivity contribution < 1.29 is 4.39 Å². The number of pyridine rings is 1. The summed E-state index contributed by atoms with van der Waals surface area (Å²) in [6.07, 6.45) is 7.88. The van der Waals surface area contributed by atoms with Gasteiger partial charge in [0.05, 0.1) is 0 Å². The molecule has 25 heavy (non-hydrogen) atoms. The predicted octanol–water partition coefficient (Wildman–Crippen LogP) is 4.96. The first kappa shape index (κ1) is 15.9. The van der Waals surface area contributed by atoms with E-state index in [-0.39, 0.29) is 5.82 Å². The molecule has 0 amide bonds. The third kappa shape index (κ3) is 3.18. The minimum Gasteiger partial charge on any atom is -0.307 e. The predicted molar refractivity (Wildman–Crippen MR) is 95.5 cm³/mol. The van der Waals surface area contributed by atoms with Crippen LogP contribution in [0.15, 0.2) is 42.6 Å². The fourth-order valence-corrected chi connectivity index (χ4v) is 3.72. The normalized spacial score (nSPS) is 15.4. The summed E-state index contributed by atoms with van der Waals surface area (Å²) in [4.78, 5) is 4.51. The Labute approximate surface area is 146 Å². The number of nitrogens with zero attached hydrogens (tertiary/aromatic N) is 4. The van der Waals surface area contributed by atoms with Crippen molar-refractivity contribution >= 4 is 0 Å². The molecule has 0 saturated heterocycles. The lowest BCUT2D eigenvalue weighted by atomic mass is 9.95. The highest BCUT2D eigenvalue weighted by Crippen LogP contribution is 2.33. The van der Waals surface area contributed by atoms with Crippen LogP contribution >= 0.6 is 0 Å². The molecule has 1 aliphatic rings. The quantitative estimate of drug-likeness (QED) is 0.679. The third-order valence-electron chi connectivity index (χ3n) is 4.95. The van der Waals surface area contributed by atoms with E-state index >= 15 is 0 Å². The van der Waals surface area contributed by atoms with Crippen LogP contribution in [-0.4, -0.2) is 19.7 Å². The zero-order valence-electron chi connectivity index (χ0n) is 14.3. The van der Waals surface area contributed by atoms with Gasteiger partial charge in [0.1, 0.15) is 17.3 Å². The van der Waals surface area contributed by atoms with Gasteiger partial charge in [-0.2, -0.15) is 0 Å². The number of aryl methyl sites for hydroxylation is 1. The molecule has 0 spiro atoms. The lowest BCUT2D eigenvalue weighted by Crippen LogP contribution is -2.15. The average molecular weight is 336 g/mol. The van der Waals surface area contributed by atoms with E-state index in [4.69, 9.17) is 0 Å². The molecule has 0 N–H and O–H groups in total. The SMILES string of the molecule is Cc1nnc(-c2cc(-c3cccc(F)c3)ccn2)n1C1CCCCC1. The number of hydrogen-bond donors (Lipinski definition) is 0. The van der Waals surface area contributed by atoms with Crippen LogP contribution in [0.3, 0.4) is 0 Å². The molecular formula is C20H21FN4. The average Bonchev–Trinajstić information content (AvgIpc) is 3.04. The lowest BCUT2D eigenvalue weighted by molar-refractivity contribution is 0.350. The van der Waals surface area contributed by atoms with E-state index in [1.54, 1.807) is 12.3 Å². The van der Waals surface area contributed by atoms with Crippen LogP contribution in [0.2, 0.25) is 0 Å². The molecule has 1 fully saturated rings. The molecule has 1 aromatic carbocycles. The van der Waals surface area contributed by atoms with Gasteiger partial charge >= 0.3 is 0 Å². The second-order valence-electron chi connectivity index (χ2n) is 6.67. The largest absolute Gasteiger partial charge is 0.307 e. The number of halogens is 1. The molecule has 0 radical (unpaired) electrons. The Morgan fingerprint density at radius 3 is 2.60 bits per heavy atom. The van der Waals surface area contributed by atoms with Gasteiger partial charge in [0.2, 0.25) is 0 Å². The van der Waals surface area contributed by atoms with Gasteiger partial charge in [-0.15, -0.1) is 10.2 Å². The topological polar surface area (TPSA) is 43.6 Å². The maximum atomic E-state index is 13.5. The molecule has 5 heteroatoms. The van der Waals surface area contributed by atoms with Crippen LogP contribution < -0.4 is 0 Å². The van der Waals surface area contributed by atoms with Gasteiger partial charge in [-0.1, -0.05) is 31.4 Å². The zero-order chi connectivity index (χ0) is 17.2. The van der Waals surface area contributed by atoms with E-state index in [1.165, 1.54) is 31.4 Å². The fraction of sp³-hybridized carbons (Fsp3) is 0.350. The maximum absolute atomic E-state index is 13.5. The van der Waals surface area contributed by atoms with E-state index in [2.05, 4.69) is 19.7 Å². The van der Waals surface area contributed by atoms with Crippen molar-refractivity contribution in [2.75, 3.05) is 0 Å². The van der Waals surface area contributed by atoms with Crippen molar-refractivity contribution in [1.82, 2.24) is 19.7 Å². The Hall–Kier alpha value is -2.56. The van der Waals surface area contributed by atoms with Crippen molar-refractivity contribution in [3.05, 3.63) is 54.2 Å². The highest BCUT2D eigenvalue weighted by atomic mass is 19.1. The van der Waals surface area contributed by atoms with Gasteiger partial charge in [0, 0.05) is 12.2 Å². The second kappa shape index (κ2) is 6.75. The molecule has 2 aromatic heterocycles. The van der Waals surface area contributed by atoms with Crippen LogP contribution in [0, 0.1) is 12.7 Å². The number of benzene rings is 1. The van der Waals surface area contributed by atoms with Gasteiger partial charge in [0.15, 0.2) is 5.82 Å². The first-order valence-electron chi connectivity index (χ1n) is 8.86. The molecule has 4 rings (SSSR count). The summed E-state index contributed by atoms with van der Waals surface area (Å²) in [5, 5.41) is 8.69. The van der Waals surface area contributed by atoms with Gasteiger partial charge in [0.25, 0.3) is 0 Å². The van der Waals surface area contributed by atoms with Crippen LogP contribution in [0.5, 0.6) is 0 Å². The van der Waals surface area contributed by atoms with E-state index in [0.717, 1.165) is 41.3 Å². The van der Waals surface area contributed by atoms with E-state index in [0.29, 0.717) is 6.04 Å². The van der Waals surface area contributed by atoms with Crippen LogP contribution in [0.4, 0.5) is 4.39 Å². The summed E-state index contributed by atoms with van der Waals surface area (Å²) >= 11 is 0. The van der Waals surface area contributed by atoms with E-state index in [1.807, 2.05) is 25.1 Å². The van der Waals surface area contributed by atoms with Gasteiger partial charge in [-0.05, 0) is 55.2 Å². The Kier molecular flexibility index (Phi) is 4.30. The first-order chi connectivity index (χ1) is 12.2. The van der Waals surface area contributed by atoms with Gasteiger partial charge in [-0.25, -0.2) is 4.39 Å². The van der Waals surface area contributed by atoms with Crippen molar-refractivity contribution in [3.63, 3.8) is 0 Å². The minimum absolute atomic E-state index is 0.239. The second-order valence-corrected chi connectivity index (χ2v) is 6.67. The molecule has 4 nitrogen and oxygen atoms in total.